The van der Waals surface area contributed by atoms with Crippen molar-refractivity contribution in [3.63, 3.8) is 0 Å². The molecule has 0 amide bonds. The fourth-order valence-corrected chi connectivity index (χ4v) is 2.14. The van der Waals surface area contributed by atoms with Crippen molar-refractivity contribution in [3.05, 3.63) is 42.0 Å². The highest BCUT2D eigenvalue weighted by Gasteiger charge is 2.11. The van der Waals surface area contributed by atoms with E-state index in [0.29, 0.717) is 0 Å². The average Bonchev–Trinajstić information content (AvgIpc) is 2.43. The molecule has 96 valence electrons. The maximum absolute atomic E-state index is 10.1. The van der Waals surface area contributed by atoms with E-state index in [1.807, 2.05) is 43.3 Å². The van der Waals surface area contributed by atoms with Gasteiger partial charge in [0, 0.05) is 5.39 Å². The molecule has 0 saturated carbocycles. The second-order valence-electron chi connectivity index (χ2n) is 4.47. The third kappa shape index (κ3) is 2.49. The predicted octanol–water partition coefficient (Wildman–Crippen LogP) is 4.07. The molecule has 0 spiro atoms. The SMILES string of the molecule is CCCOc1ccc(C(O)CC)c2ccccc12. The molecule has 2 heteroatoms. The summed E-state index contributed by atoms with van der Waals surface area (Å²) in [5, 5.41) is 12.2. The minimum absolute atomic E-state index is 0.407. The van der Waals surface area contributed by atoms with Crippen LogP contribution in [0.4, 0.5) is 0 Å². The van der Waals surface area contributed by atoms with Gasteiger partial charge >= 0.3 is 0 Å². The zero-order valence-electron chi connectivity index (χ0n) is 11.0. The summed E-state index contributed by atoms with van der Waals surface area (Å²) in [6.07, 6.45) is 1.31. The highest BCUT2D eigenvalue weighted by Crippen LogP contribution is 2.32. The maximum Gasteiger partial charge on any atom is 0.127 e. The molecule has 2 rings (SSSR count). The minimum Gasteiger partial charge on any atom is -0.493 e. The zero-order chi connectivity index (χ0) is 13.0. The van der Waals surface area contributed by atoms with Crippen LogP contribution in [0.5, 0.6) is 5.75 Å². The Bertz CT molecular complexity index is 519. The van der Waals surface area contributed by atoms with E-state index in [1.54, 1.807) is 0 Å². The highest BCUT2D eigenvalue weighted by atomic mass is 16.5. The Labute approximate surface area is 108 Å². The van der Waals surface area contributed by atoms with Gasteiger partial charge in [0.2, 0.25) is 0 Å². The van der Waals surface area contributed by atoms with Gasteiger partial charge in [0.1, 0.15) is 5.75 Å². The lowest BCUT2D eigenvalue weighted by atomic mass is 9.98. The number of ether oxygens (including phenoxy) is 1. The summed E-state index contributed by atoms with van der Waals surface area (Å²) in [4.78, 5) is 0. The first-order chi connectivity index (χ1) is 8.77. The fraction of sp³-hybridized carbons (Fsp3) is 0.375. The van der Waals surface area contributed by atoms with Crippen molar-refractivity contribution in [3.8, 4) is 5.75 Å². The first-order valence-corrected chi connectivity index (χ1v) is 6.60. The topological polar surface area (TPSA) is 29.5 Å². The second kappa shape index (κ2) is 5.87. The molecule has 0 radical (unpaired) electrons. The number of hydrogen-bond acceptors (Lipinski definition) is 2. The van der Waals surface area contributed by atoms with Crippen LogP contribution in [0.25, 0.3) is 10.8 Å². The minimum atomic E-state index is -0.407. The molecular formula is C16H20O2. The number of hydrogen-bond donors (Lipinski definition) is 1. The van der Waals surface area contributed by atoms with E-state index in [1.165, 1.54) is 0 Å². The Morgan fingerprint density at radius 2 is 1.78 bits per heavy atom. The van der Waals surface area contributed by atoms with Gasteiger partial charge in [-0.1, -0.05) is 44.2 Å². The summed E-state index contributed by atoms with van der Waals surface area (Å²) in [7, 11) is 0. The van der Waals surface area contributed by atoms with Crippen LogP contribution in [0.1, 0.15) is 38.4 Å². The Hall–Kier alpha value is -1.54. The summed E-state index contributed by atoms with van der Waals surface area (Å²) in [6.45, 7) is 4.80. The second-order valence-corrected chi connectivity index (χ2v) is 4.47. The largest absolute Gasteiger partial charge is 0.493 e. The van der Waals surface area contributed by atoms with Crippen LogP contribution < -0.4 is 4.74 Å². The molecule has 0 aliphatic carbocycles. The summed E-state index contributed by atoms with van der Waals surface area (Å²) in [6, 6.07) is 12.0. The van der Waals surface area contributed by atoms with Gasteiger partial charge in [-0.2, -0.15) is 0 Å². The number of rotatable bonds is 5. The third-order valence-electron chi connectivity index (χ3n) is 3.13. The molecule has 0 fully saturated rings. The Morgan fingerprint density at radius 3 is 2.44 bits per heavy atom. The van der Waals surface area contributed by atoms with Gasteiger partial charge in [-0.05, 0) is 29.9 Å². The average molecular weight is 244 g/mol. The van der Waals surface area contributed by atoms with Crippen molar-refractivity contribution in [1.29, 1.82) is 0 Å². The van der Waals surface area contributed by atoms with Crippen LogP contribution in [0, 0.1) is 0 Å². The molecule has 0 bridgehead atoms. The van der Waals surface area contributed by atoms with Gasteiger partial charge in [-0.3, -0.25) is 0 Å². The molecule has 0 heterocycles. The molecule has 0 aliphatic rings. The number of benzene rings is 2. The van der Waals surface area contributed by atoms with E-state index < -0.39 is 6.10 Å². The van der Waals surface area contributed by atoms with Crippen LogP contribution in [0.2, 0.25) is 0 Å². The summed E-state index contributed by atoms with van der Waals surface area (Å²) in [5.74, 6) is 0.902. The molecule has 18 heavy (non-hydrogen) atoms. The molecule has 0 aromatic heterocycles. The van der Waals surface area contributed by atoms with Crippen LogP contribution in [0.15, 0.2) is 36.4 Å². The zero-order valence-corrected chi connectivity index (χ0v) is 11.0. The van der Waals surface area contributed by atoms with Crippen LogP contribution >= 0.6 is 0 Å². The van der Waals surface area contributed by atoms with Gasteiger partial charge in [0.15, 0.2) is 0 Å². The predicted molar refractivity (Wildman–Crippen MR) is 75.0 cm³/mol. The molecule has 1 unspecified atom stereocenters. The van der Waals surface area contributed by atoms with Crippen molar-refractivity contribution in [2.24, 2.45) is 0 Å². The van der Waals surface area contributed by atoms with Crippen molar-refractivity contribution in [2.45, 2.75) is 32.8 Å². The quantitative estimate of drug-likeness (QED) is 0.859. The normalized spacial score (nSPS) is 12.6. The lowest BCUT2D eigenvalue weighted by Crippen LogP contribution is -2.00. The highest BCUT2D eigenvalue weighted by molar-refractivity contribution is 5.91. The van der Waals surface area contributed by atoms with Gasteiger partial charge in [-0.25, -0.2) is 0 Å². The van der Waals surface area contributed by atoms with Gasteiger partial charge < -0.3 is 9.84 Å². The molecule has 0 saturated heterocycles. The monoisotopic (exact) mass is 244 g/mol. The number of aliphatic hydroxyl groups is 1. The smallest absolute Gasteiger partial charge is 0.127 e. The van der Waals surface area contributed by atoms with Crippen molar-refractivity contribution < 1.29 is 9.84 Å². The van der Waals surface area contributed by atoms with E-state index in [-0.39, 0.29) is 0 Å². The van der Waals surface area contributed by atoms with E-state index in [4.69, 9.17) is 4.74 Å². The van der Waals surface area contributed by atoms with E-state index in [0.717, 1.165) is 41.5 Å². The van der Waals surface area contributed by atoms with Crippen molar-refractivity contribution >= 4 is 10.8 Å². The van der Waals surface area contributed by atoms with E-state index >= 15 is 0 Å². The van der Waals surface area contributed by atoms with Crippen molar-refractivity contribution in [2.75, 3.05) is 6.61 Å². The summed E-state index contributed by atoms with van der Waals surface area (Å²) >= 11 is 0. The number of aliphatic hydroxyl groups excluding tert-OH is 1. The molecule has 2 aromatic carbocycles. The number of fused-ring (bicyclic) bond motifs is 1. The van der Waals surface area contributed by atoms with Crippen LogP contribution in [-0.4, -0.2) is 11.7 Å². The van der Waals surface area contributed by atoms with Gasteiger partial charge in [0.25, 0.3) is 0 Å². The van der Waals surface area contributed by atoms with Crippen LogP contribution in [0.3, 0.4) is 0 Å². The van der Waals surface area contributed by atoms with Crippen LogP contribution in [-0.2, 0) is 0 Å². The Kier molecular flexibility index (Phi) is 4.21. The van der Waals surface area contributed by atoms with Crippen molar-refractivity contribution in [1.82, 2.24) is 0 Å². The van der Waals surface area contributed by atoms with Gasteiger partial charge in [0.05, 0.1) is 12.7 Å². The summed E-state index contributed by atoms with van der Waals surface area (Å²) in [5.41, 5.74) is 0.983. The molecule has 2 nitrogen and oxygen atoms in total. The molecule has 2 aromatic rings. The van der Waals surface area contributed by atoms with E-state index in [9.17, 15) is 5.11 Å². The van der Waals surface area contributed by atoms with E-state index in [2.05, 4.69) is 6.92 Å². The molecule has 1 N–H and O–H groups in total. The summed E-state index contributed by atoms with van der Waals surface area (Å²) < 4.78 is 5.76. The van der Waals surface area contributed by atoms with Gasteiger partial charge in [-0.15, -0.1) is 0 Å². The Balaban J connectivity index is 2.51. The first kappa shape index (κ1) is 12.9. The lowest BCUT2D eigenvalue weighted by molar-refractivity contribution is 0.175. The lowest BCUT2D eigenvalue weighted by Gasteiger charge is -2.15. The molecule has 0 aliphatic heterocycles. The standard InChI is InChI=1S/C16H20O2/c1-3-11-18-16-10-9-13(15(17)4-2)12-7-5-6-8-14(12)16/h5-10,15,17H,3-4,11H2,1-2H3. The first-order valence-electron chi connectivity index (χ1n) is 6.60. The third-order valence-corrected chi connectivity index (χ3v) is 3.13. The molecular weight excluding hydrogens is 224 g/mol. The Morgan fingerprint density at radius 1 is 1.06 bits per heavy atom. The maximum atomic E-state index is 10.1. The fourth-order valence-electron chi connectivity index (χ4n) is 2.14. The molecule has 1 atom stereocenters.